The van der Waals surface area contributed by atoms with Crippen molar-refractivity contribution in [2.24, 2.45) is 0 Å². The fourth-order valence-electron chi connectivity index (χ4n) is 3.09. The number of rotatable bonds is 13. The zero-order valence-electron chi connectivity index (χ0n) is 19.1. The second-order valence-electron chi connectivity index (χ2n) is 7.01. The van der Waals surface area contributed by atoms with Gasteiger partial charge in [-0.25, -0.2) is 8.42 Å². The van der Waals surface area contributed by atoms with E-state index in [1.807, 2.05) is 0 Å². The number of anilines is 1. The van der Waals surface area contributed by atoms with E-state index in [2.05, 4.69) is 5.32 Å². The molecule has 2 aromatic rings. The van der Waals surface area contributed by atoms with Crippen molar-refractivity contribution in [3.05, 3.63) is 46.9 Å². The number of nitrogens with one attached hydrogen (secondary N) is 1. The van der Waals surface area contributed by atoms with Gasteiger partial charge in [-0.05, 0) is 30.2 Å². The normalized spacial score (nSPS) is 11.3. The van der Waals surface area contributed by atoms with Crippen molar-refractivity contribution < 1.29 is 37.3 Å². The zero-order chi connectivity index (χ0) is 24.4. The van der Waals surface area contributed by atoms with Gasteiger partial charge in [0.05, 0.1) is 45.4 Å². The maximum atomic E-state index is 12.8. The third-order valence-corrected chi connectivity index (χ3v) is 6.00. The third kappa shape index (κ3) is 7.60. The van der Waals surface area contributed by atoms with E-state index >= 15 is 0 Å². The molecule has 0 heterocycles. The van der Waals surface area contributed by atoms with Gasteiger partial charge in [-0.3, -0.25) is 4.79 Å². The molecule has 0 amide bonds. The van der Waals surface area contributed by atoms with Crippen LogP contribution in [-0.2, 0) is 20.4 Å². The van der Waals surface area contributed by atoms with Gasteiger partial charge in [0.15, 0.2) is 9.84 Å². The van der Waals surface area contributed by atoms with Crippen LogP contribution in [0.2, 0.25) is 0 Å². The molecular weight excluding hydrogens is 450 g/mol. The Morgan fingerprint density at radius 3 is 2.15 bits per heavy atom. The molecule has 0 saturated carbocycles. The molecule has 0 radical (unpaired) electrons. The van der Waals surface area contributed by atoms with E-state index in [-0.39, 0.29) is 12.2 Å². The predicted molar refractivity (Wildman–Crippen MR) is 126 cm³/mol. The lowest BCUT2D eigenvalue weighted by atomic mass is 10.1. The van der Waals surface area contributed by atoms with Crippen molar-refractivity contribution in [3.63, 3.8) is 0 Å². The van der Waals surface area contributed by atoms with E-state index in [1.54, 1.807) is 30.3 Å². The molecule has 0 aliphatic carbocycles. The molecule has 0 saturated heterocycles. The summed E-state index contributed by atoms with van der Waals surface area (Å²) in [5.41, 5.74) is 1.62. The van der Waals surface area contributed by atoms with Gasteiger partial charge in [0.25, 0.3) is 0 Å². The lowest BCUT2D eigenvalue weighted by Crippen LogP contribution is -2.07. The first kappa shape index (κ1) is 25.9. The molecule has 9 nitrogen and oxygen atoms in total. The van der Waals surface area contributed by atoms with Crippen molar-refractivity contribution in [3.8, 4) is 23.0 Å². The van der Waals surface area contributed by atoms with E-state index in [1.165, 1.54) is 34.5 Å². The highest BCUT2D eigenvalue weighted by Crippen LogP contribution is 2.35. The minimum absolute atomic E-state index is 0.0342. The Morgan fingerprint density at radius 1 is 0.970 bits per heavy atom. The van der Waals surface area contributed by atoms with Crippen molar-refractivity contribution in [1.29, 1.82) is 0 Å². The molecule has 0 fully saturated rings. The van der Waals surface area contributed by atoms with Gasteiger partial charge in [0, 0.05) is 30.5 Å². The minimum Gasteiger partial charge on any atom is -0.496 e. The van der Waals surface area contributed by atoms with Crippen LogP contribution in [0.15, 0.2) is 35.7 Å². The zero-order valence-corrected chi connectivity index (χ0v) is 19.9. The summed E-state index contributed by atoms with van der Waals surface area (Å²) < 4.78 is 46.8. The Bertz CT molecular complexity index is 1070. The summed E-state index contributed by atoms with van der Waals surface area (Å²) in [6.07, 6.45) is 1.89. The molecule has 2 rings (SSSR count). The summed E-state index contributed by atoms with van der Waals surface area (Å²) in [6.45, 7) is 0.413. The van der Waals surface area contributed by atoms with Crippen LogP contribution in [-0.4, -0.2) is 54.5 Å². The summed E-state index contributed by atoms with van der Waals surface area (Å²) in [6, 6.07) is 8.30. The molecule has 0 aliphatic heterocycles. The van der Waals surface area contributed by atoms with Crippen LogP contribution in [0.1, 0.15) is 24.0 Å². The molecule has 2 aromatic carbocycles. The third-order valence-electron chi connectivity index (χ3n) is 4.71. The van der Waals surface area contributed by atoms with Crippen LogP contribution >= 0.6 is 0 Å². The first-order chi connectivity index (χ1) is 15.7. The summed E-state index contributed by atoms with van der Waals surface area (Å²) in [4.78, 5) is 10.7. The highest BCUT2D eigenvalue weighted by molar-refractivity contribution is 7.93. The summed E-state index contributed by atoms with van der Waals surface area (Å²) in [7, 11) is 2.33. The largest absolute Gasteiger partial charge is 0.496 e. The monoisotopic (exact) mass is 479 g/mol. The van der Waals surface area contributed by atoms with Gasteiger partial charge >= 0.3 is 5.97 Å². The van der Waals surface area contributed by atoms with Crippen LogP contribution in [0.4, 0.5) is 5.69 Å². The lowest BCUT2D eigenvalue weighted by Gasteiger charge is -2.13. The molecule has 0 unspecified atom stereocenters. The number of carboxylic acids is 1. The van der Waals surface area contributed by atoms with Gasteiger partial charge in [0.2, 0.25) is 0 Å². The highest BCUT2D eigenvalue weighted by Gasteiger charge is 2.15. The average Bonchev–Trinajstić information content (AvgIpc) is 2.79. The molecule has 10 heteroatoms. The smallest absolute Gasteiger partial charge is 0.303 e. The molecule has 0 aromatic heterocycles. The maximum absolute atomic E-state index is 12.8. The maximum Gasteiger partial charge on any atom is 0.303 e. The average molecular weight is 480 g/mol. The van der Waals surface area contributed by atoms with Crippen molar-refractivity contribution >= 4 is 27.6 Å². The SMILES string of the molecule is COc1cc(OC)c(/C=C\S(=O)(=O)Cc2ccc(OC)c(NCCCC(=O)O)c2)c(OC)c1. The number of hydrogen-bond donors (Lipinski definition) is 2. The predicted octanol–water partition coefficient (Wildman–Crippen LogP) is 3.58. The number of carboxylic acid groups (broad SMARTS) is 1. The molecule has 2 N–H and O–H groups in total. The van der Waals surface area contributed by atoms with Gasteiger partial charge in [-0.15, -0.1) is 0 Å². The van der Waals surface area contributed by atoms with Gasteiger partial charge in [-0.2, -0.15) is 0 Å². The fourth-order valence-corrected chi connectivity index (χ4v) is 4.18. The number of ether oxygens (including phenoxy) is 4. The van der Waals surface area contributed by atoms with E-state index in [0.29, 0.717) is 52.8 Å². The Labute approximate surface area is 193 Å². The van der Waals surface area contributed by atoms with E-state index < -0.39 is 15.8 Å². The van der Waals surface area contributed by atoms with Crippen molar-refractivity contribution in [2.45, 2.75) is 18.6 Å². The Morgan fingerprint density at radius 2 is 1.61 bits per heavy atom. The molecule has 0 atom stereocenters. The molecule has 33 heavy (non-hydrogen) atoms. The van der Waals surface area contributed by atoms with Gasteiger partial charge in [-0.1, -0.05) is 6.07 Å². The topological polar surface area (TPSA) is 120 Å². The van der Waals surface area contributed by atoms with Crippen LogP contribution in [0.25, 0.3) is 6.08 Å². The second-order valence-corrected chi connectivity index (χ2v) is 8.90. The van der Waals surface area contributed by atoms with Crippen molar-refractivity contribution in [2.75, 3.05) is 40.3 Å². The van der Waals surface area contributed by atoms with Gasteiger partial charge in [0.1, 0.15) is 23.0 Å². The molecule has 0 aliphatic rings. The van der Waals surface area contributed by atoms with Gasteiger partial charge < -0.3 is 29.4 Å². The minimum atomic E-state index is -3.64. The number of methoxy groups -OCH3 is 4. The summed E-state index contributed by atoms with van der Waals surface area (Å²) in [5, 5.41) is 13.0. The Kier molecular flexibility index (Phi) is 9.41. The standard InChI is InChI=1S/C23H29NO8S/c1-29-17-13-21(31-3)18(22(14-17)32-4)9-11-33(27,28)15-16-7-8-20(30-2)19(12-16)24-10-5-6-23(25)26/h7-9,11-14,24H,5-6,10,15H2,1-4H3,(H,25,26)/b11-9-. The van der Waals surface area contributed by atoms with Crippen LogP contribution < -0.4 is 24.3 Å². The lowest BCUT2D eigenvalue weighted by molar-refractivity contribution is -0.137. The van der Waals surface area contributed by atoms with Crippen molar-refractivity contribution in [1.82, 2.24) is 0 Å². The molecule has 0 bridgehead atoms. The van der Waals surface area contributed by atoms with Crippen LogP contribution in [0, 0.1) is 0 Å². The Balaban J connectivity index is 2.23. The fraction of sp³-hybridized carbons (Fsp3) is 0.348. The summed E-state index contributed by atoms with van der Waals surface area (Å²) >= 11 is 0. The number of benzene rings is 2. The molecule has 0 spiro atoms. The quantitative estimate of drug-likeness (QED) is 0.415. The van der Waals surface area contributed by atoms with E-state index in [0.717, 1.165) is 5.41 Å². The second kappa shape index (κ2) is 12.0. The molecule has 180 valence electrons. The highest BCUT2D eigenvalue weighted by atomic mass is 32.2. The number of hydrogen-bond acceptors (Lipinski definition) is 8. The number of carbonyl (C=O) groups is 1. The Hall–Kier alpha value is -3.40. The summed E-state index contributed by atoms with van der Waals surface area (Å²) in [5.74, 6) is 0.767. The number of aliphatic carboxylic acids is 1. The molecular formula is C23H29NO8S. The first-order valence-electron chi connectivity index (χ1n) is 10.1. The first-order valence-corrected chi connectivity index (χ1v) is 11.8. The van der Waals surface area contributed by atoms with Crippen LogP contribution in [0.5, 0.6) is 23.0 Å². The number of sulfone groups is 1. The van der Waals surface area contributed by atoms with E-state index in [9.17, 15) is 13.2 Å². The van der Waals surface area contributed by atoms with Crippen LogP contribution in [0.3, 0.4) is 0 Å². The van der Waals surface area contributed by atoms with E-state index in [4.69, 9.17) is 24.1 Å².